The van der Waals surface area contributed by atoms with Crippen LogP contribution in [0.25, 0.3) is 17.2 Å². The quantitative estimate of drug-likeness (QED) is 0.389. The highest BCUT2D eigenvalue weighted by atomic mass is 32.2. The van der Waals surface area contributed by atoms with Crippen molar-refractivity contribution in [2.24, 2.45) is 5.14 Å². The number of amides is 1. The molecule has 0 bridgehead atoms. The maximum atomic E-state index is 12.5. The molecule has 0 aliphatic carbocycles. The molecule has 0 saturated carbocycles. The number of carbonyl (C=O) groups excluding carboxylic acids is 1. The lowest BCUT2D eigenvalue weighted by atomic mass is 10.2. The van der Waals surface area contributed by atoms with E-state index in [4.69, 9.17) is 5.14 Å². The second kappa shape index (κ2) is 9.53. The van der Waals surface area contributed by atoms with Crippen LogP contribution < -0.4 is 10.5 Å². The minimum absolute atomic E-state index is 0.0249. The fraction of sp³-hybridized carbons (Fsp3) is 0.0909. The summed E-state index contributed by atoms with van der Waals surface area (Å²) in [5, 5.41) is 17.0. The first-order valence-electron chi connectivity index (χ1n) is 9.80. The van der Waals surface area contributed by atoms with Crippen LogP contribution in [0.1, 0.15) is 5.56 Å². The van der Waals surface area contributed by atoms with Gasteiger partial charge in [0.15, 0.2) is 11.0 Å². The number of anilines is 1. The van der Waals surface area contributed by atoms with E-state index in [1.165, 1.54) is 36.0 Å². The third kappa shape index (κ3) is 5.45. The highest BCUT2D eigenvalue weighted by molar-refractivity contribution is 7.99. The van der Waals surface area contributed by atoms with Gasteiger partial charge >= 0.3 is 0 Å². The molecule has 4 rings (SSSR count). The van der Waals surface area contributed by atoms with Gasteiger partial charge in [0, 0.05) is 17.6 Å². The molecule has 168 valence electrons. The van der Waals surface area contributed by atoms with Crippen LogP contribution in [0.3, 0.4) is 0 Å². The van der Waals surface area contributed by atoms with Gasteiger partial charge in [0.05, 0.1) is 10.6 Å². The number of benzene rings is 2. The molecule has 0 atom stereocenters. The lowest BCUT2D eigenvalue weighted by molar-refractivity contribution is -0.113. The zero-order valence-electron chi connectivity index (χ0n) is 17.5. The van der Waals surface area contributed by atoms with E-state index in [-0.39, 0.29) is 16.6 Å². The molecular formula is C22H20N6O3S2. The predicted octanol–water partition coefficient (Wildman–Crippen LogP) is 3.02. The van der Waals surface area contributed by atoms with Crippen molar-refractivity contribution in [2.45, 2.75) is 17.0 Å². The lowest BCUT2D eigenvalue weighted by Crippen LogP contribution is -2.15. The van der Waals surface area contributed by atoms with Crippen molar-refractivity contribution < 1.29 is 13.2 Å². The van der Waals surface area contributed by atoms with Crippen LogP contribution in [-0.4, -0.2) is 39.8 Å². The first-order valence-corrected chi connectivity index (χ1v) is 12.3. The van der Waals surface area contributed by atoms with Crippen molar-refractivity contribution in [3.8, 4) is 17.2 Å². The number of sulfonamides is 1. The first kappa shape index (κ1) is 22.6. The Kier molecular flexibility index (Phi) is 6.54. The van der Waals surface area contributed by atoms with Crippen molar-refractivity contribution in [3.63, 3.8) is 0 Å². The second-order valence-electron chi connectivity index (χ2n) is 7.10. The van der Waals surface area contributed by atoms with Crippen molar-refractivity contribution in [2.75, 3.05) is 11.1 Å². The molecule has 0 spiro atoms. The molecule has 0 aliphatic heterocycles. The van der Waals surface area contributed by atoms with Gasteiger partial charge in [-0.3, -0.25) is 14.3 Å². The van der Waals surface area contributed by atoms with E-state index >= 15 is 0 Å². The average Bonchev–Trinajstić information content (AvgIpc) is 3.22. The van der Waals surface area contributed by atoms with Crippen molar-refractivity contribution in [1.82, 2.24) is 19.7 Å². The number of carbonyl (C=O) groups is 1. The smallest absolute Gasteiger partial charge is 0.238 e. The zero-order valence-corrected chi connectivity index (χ0v) is 19.2. The Labute approximate surface area is 195 Å². The Hall–Kier alpha value is -3.54. The van der Waals surface area contributed by atoms with Crippen molar-refractivity contribution >= 4 is 33.4 Å². The first-order chi connectivity index (χ1) is 15.8. The highest BCUT2D eigenvalue weighted by Gasteiger charge is 2.18. The van der Waals surface area contributed by atoms with Gasteiger partial charge in [-0.05, 0) is 55.5 Å². The Morgan fingerprint density at radius 2 is 1.76 bits per heavy atom. The molecule has 2 aromatic carbocycles. The number of nitrogens with one attached hydrogen (secondary N) is 1. The van der Waals surface area contributed by atoms with E-state index in [1.807, 2.05) is 54.0 Å². The maximum Gasteiger partial charge on any atom is 0.238 e. The molecule has 3 N–H and O–H groups in total. The van der Waals surface area contributed by atoms with E-state index in [0.717, 1.165) is 11.3 Å². The number of aryl methyl sites for hydroxylation is 1. The van der Waals surface area contributed by atoms with Gasteiger partial charge in [-0.2, -0.15) is 0 Å². The lowest BCUT2D eigenvalue weighted by Gasteiger charge is -2.10. The number of hydrogen-bond acceptors (Lipinski definition) is 7. The van der Waals surface area contributed by atoms with Gasteiger partial charge in [-0.1, -0.05) is 35.5 Å². The standard InChI is InChI=1S/C22H20N6O3S2/c1-15-5-9-17(10-6-15)28-21(19-4-2-3-13-24-19)26-27-22(28)32-14-20(29)25-16-7-11-18(12-8-16)33(23,30)31/h2-13H,14H2,1H3,(H,25,29)(H2,23,30,31). The summed E-state index contributed by atoms with van der Waals surface area (Å²) in [5.41, 5.74) is 3.10. The van der Waals surface area contributed by atoms with E-state index in [9.17, 15) is 13.2 Å². The molecule has 11 heteroatoms. The summed E-state index contributed by atoms with van der Waals surface area (Å²) in [6, 6.07) is 19.1. The number of hydrogen-bond donors (Lipinski definition) is 2. The number of nitrogens with zero attached hydrogens (tertiary/aromatic N) is 4. The van der Waals surface area contributed by atoms with Crippen molar-refractivity contribution in [1.29, 1.82) is 0 Å². The number of aromatic nitrogens is 4. The molecular weight excluding hydrogens is 460 g/mol. The molecule has 4 aromatic rings. The Morgan fingerprint density at radius 3 is 2.39 bits per heavy atom. The summed E-state index contributed by atoms with van der Waals surface area (Å²) in [7, 11) is -3.79. The molecule has 0 radical (unpaired) electrons. The highest BCUT2D eigenvalue weighted by Crippen LogP contribution is 2.27. The fourth-order valence-corrected chi connectivity index (χ4v) is 4.27. The monoisotopic (exact) mass is 480 g/mol. The molecule has 33 heavy (non-hydrogen) atoms. The molecule has 1 amide bonds. The Bertz CT molecular complexity index is 1370. The Morgan fingerprint density at radius 1 is 1.03 bits per heavy atom. The Balaban J connectivity index is 1.54. The second-order valence-corrected chi connectivity index (χ2v) is 9.60. The van der Waals surface area contributed by atoms with Crippen LogP contribution in [-0.2, 0) is 14.8 Å². The van der Waals surface area contributed by atoms with Crippen LogP contribution in [0, 0.1) is 6.92 Å². The topological polar surface area (TPSA) is 133 Å². The van der Waals surface area contributed by atoms with E-state index in [2.05, 4.69) is 20.5 Å². The van der Waals surface area contributed by atoms with Gasteiger partial charge in [-0.25, -0.2) is 13.6 Å². The largest absolute Gasteiger partial charge is 0.325 e. The van der Waals surface area contributed by atoms with Crippen LogP contribution in [0.4, 0.5) is 5.69 Å². The summed E-state index contributed by atoms with van der Waals surface area (Å²) < 4.78 is 24.6. The number of rotatable bonds is 7. The van der Waals surface area contributed by atoms with Gasteiger partial charge in [0.25, 0.3) is 0 Å². The maximum absolute atomic E-state index is 12.5. The van der Waals surface area contributed by atoms with Crippen molar-refractivity contribution in [3.05, 3.63) is 78.5 Å². The van der Waals surface area contributed by atoms with E-state index in [1.54, 1.807) is 6.20 Å². The van der Waals surface area contributed by atoms with Gasteiger partial charge in [0.2, 0.25) is 15.9 Å². The summed E-state index contributed by atoms with van der Waals surface area (Å²) in [5.74, 6) is 0.366. The molecule has 2 aromatic heterocycles. The van der Waals surface area contributed by atoms with Gasteiger partial charge in [0.1, 0.15) is 5.69 Å². The molecule has 0 unspecified atom stereocenters. The summed E-state index contributed by atoms with van der Waals surface area (Å²) in [4.78, 5) is 16.8. The third-order valence-electron chi connectivity index (χ3n) is 4.62. The van der Waals surface area contributed by atoms with Gasteiger partial charge < -0.3 is 5.32 Å². The number of pyridine rings is 1. The molecule has 9 nitrogen and oxygen atoms in total. The molecule has 0 saturated heterocycles. The summed E-state index contributed by atoms with van der Waals surface area (Å²) in [6.45, 7) is 2.01. The van der Waals surface area contributed by atoms with Crippen LogP contribution in [0.2, 0.25) is 0 Å². The van der Waals surface area contributed by atoms with Gasteiger partial charge in [-0.15, -0.1) is 10.2 Å². The number of thioether (sulfide) groups is 1. The van der Waals surface area contributed by atoms with Crippen LogP contribution in [0.5, 0.6) is 0 Å². The van der Waals surface area contributed by atoms with E-state index < -0.39 is 10.0 Å². The minimum atomic E-state index is -3.79. The minimum Gasteiger partial charge on any atom is -0.325 e. The normalized spacial score (nSPS) is 11.3. The summed E-state index contributed by atoms with van der Waals surface area (Å²) >= 11 is 1.23. The molecule has 0 aliphatic rings. The zero-order chi connectivity index (χ0) is 23.4. The molecule has 2 heterocycles. The predicted molar refractivity (Wildman–Crippen MR) is 126 cm³/mol. The van der Waals surface area contributed by atoms with Crippen LogP contribution in [0.15, 0.2) is 83.0 Å². The summed E-state index contributed by atoms with van der Waals surface area (Å²) in [6.07, 6.45) is 1.69. The fourth-order valence-electron chi connectivity index (χ4n) is 3.01. The number of nitrogens with two attached hydrogens (primary N) is 1. The third-order valence-corrected chi connectivity index (χ3v) is 6.48. The van der Waals surface area contributed by atoms with Crippen LogP contribution >= 0.6 is 11.8 Å². The average molecular weight is 481 g/mol. The molecule has 0 fully saturated rings. The van der Waals surface area contributed by atoms with E-state index in [0.29, 0.717) is 22.4 Å². The SMILES string of the molecule is Cc1ccc(-n2c(SCC(=O)Nc3ccc(S(N)(=O)=O)cc3)nnc2-c2ccccn2)cc1. The number of primary sulfonamides is 1.